The molecule has 1 aliphatic carbocycles. The molecule has 0 amide bonds. The van der Waals surface area contributed by atoms with Crippen LogP contribution in [0.15, 0.2) is 16.5 Å². The van der Waals surface area contributed by atoms with Crippen LogP contribution in [0.25, 0.3) is 11.6 Å². The molecule has 2 atom stereocenters. The molecule has 4 rings (SSSR count). The molecule has 2 aliphatic rings. The van der Waals surface area contributed by atoms with Crippen molar-refractivity contribution >= 4 is 17.6 Å². The third kappa shape index (κ3) is 2.33. The quantitative estimate of drug-likeness (QED) is 0.923. The van der Waals surface area contributed by atoms with Gasteiger partial charge in [0.25, 0.3) is 0 Å². The van der Waals surface area contributed by atoms with Crippen LogP contribution in [0.5, 0.6) is 0 Å². The second-order valence-corrected chi connectivity index (χ2v) is 6.85. The van der Waals surface area contributed by atoms with E-state index in [-0.39, 0.29) is 0 Å². The molecule has 1 fully saturated rings. The third-order valence-electron chi connectivity index (χ3n) is 4.24. The predicted octanol–water partition coefficient (Wildman–Crippen LogP) is 4.04. The smallest absolute Gasteiger partial charge is 0.197 e. The summed E-state index contributed by atoms with van der Waals surface area (Å²) in [6.45, 7) is 5.23. The van der Waals surface area contributed by atoms with Crippen LogP contribution in [-0.4, -0.2) is 16.5 Å². The largest absolute Gasteiger partial charge is 0.457 e. The zero-order chi connectivity index (χ0) is 14.4. The molecule has 0 radical (unpaired) electrons. The number of nitrogens with zero attached hydrogens (tertiary/aromatic N) is 2. The molecular weight excluding hydrogens is 282 g/mol. The van der Waals surface area contributed by atoms with Gasteiger partial charge in [-0.3, -0.25) is 0 Å². The molecule has 5 heteroatoms. The minimum atomic E-state index is 0.594. The number of hydrogen-bond donors (Lipinski definition) is 1. The molecule has 1 aliphatic heterocycles. The lowest BCUT2D eigenvalue weighted by atomic mass is 10.2. The zero-order valence-corrected chi connectivity index (χ0v) is 13.2. The van der Waals surface area contributed by atoms with Crippen molar-refractivity contribution in [3.8, 4) is 11.6 Å². The Labute approximate surface area is 128 Å². The molecule has 1 saturated carbocycles. The number of fused-ring (bicyclic) bond motifs is 1. The normalized spacial score (nSPS) is 23.1. The fraction of sp³-hybridized carbons (Fsp3) is 0.500. The fourth-order valence-corrected chi connectivity index (χ4v) is 3.91. The lowest BCUT2D eigenvalue weighted by molar-refractivity contribution is 0.515. The third-order valence-corrected chi connectivity index (χ3v) is 5.21. The van der Waals surface area contributed by atoms with E-state index in [9.17, 15) is 0 Å². The van der Waals surface area contributed by atoms with Crippen LogP contribution in [-0.2, 0) is 11.5 Å². The summed E-state index contributed by atoms with van der Waals surface area (Å²) >= 11 is 1.89. The van der Waals surface area contributed by atoms with Crippen molar-refractivity contribution in [3.05, 3.63) is 29.2 Å². The Hall–Kier alpha value is -1.49. The van der Waals surface area contributed by atoms with Crippen molar-refractivity contribution < 1.29 is 4.42 Å². The number of nitrogens with one attached hydrogen (secondary N) is 1. The first-order valence-corrected chi connectivity index (χ1v) is 8.73. The molecule has 4 nitrogen and oxygen atoms in total. The van der Waals surface area contributed by atoms with Crippen LogP contribution >= 0.6 is 11.8 Å². The van der Waals surface area contributed by atoms with E-state index in [1.165, 1.54) is 12.0 Å². The van der Waals surface area contributed by atoms with Crippen LogP contribution in [0.1, 0.15) is 43.2 Å². The van der Waals surface area contributed by atoms with Gasteiger partial charge in [-0.2, -0.15) is 11.8 Å². The van der Waals surface area contributed by atoms with E-state index in [0.717, 1.165) is 47.0 Å². The van der Waals surface area contributed by atoms with Crippen LogP contribution in [0, 0.1) is 5.92 Å². The van der Waals surface area contributed by atoms with Crippen molar-refractivity contribution in [1.29, 1.82) is 0 Å². The highest BCUT2D eigenvalue weighted by atomic mass is 32.2. The highest BCUT2D eigenvalue weighted by molar-refractivity contribution is 7.98. The standard InChI is InChI=1S/C16H19N3OS/c1-3-17-15-11-7-21-8-12(11)18-16(19-15)14-5-4-13(20-14)10-6-9(10)2/h4-5,9-10H,3,6-8H2,1-2H3,(H,17,18,19). The van der Waals surface area contributed by atoms with Gasteiger partial charge in [-0.1, -0.05) is 6.92 Å². The van der Waals surface area contributed by atoms with Gasteiger partial charge in [-0.25, -0.2) is 9.97 Å². The van der Waals surface area contributed by atoms with Gasteiger partial charge >= 0.3 is 0 Å². The number of rotatable bonds is 4. The second kappa shape index (κ2) is 5.05. The molecule has 0 bridgehead atoms. The van der Waals surface area contributed by atoms with Crippen molar-refractivity contribution in [1.82, 2.24) is 9.97 Å². The number of anilines is 1. The average Bonchev–Trinajstić information content (AvgIpc) is 2.94. The minimum absolute atomic E-state index is 0.594. The Morgan fingerprint density at radius 3 is 2.95 bits per heavy atom. The Morgan fingerprint density at radius 2 is 2.19 bits per heavy atom. The van der Waals surface area contributed by atoms with Gasteiger partial charge in [0.1, 0.15) is 11.6 Å². The van der Waals surface area contributed by atoms with Crippen LogP contribution < -0.4 is 5.32 Å². The second-order valence-electron chi connectivity index (χ2n) is 5.87. The molecule has 2 aromatic rings. The van der Waals surface area contributed by atoms with Crippen LogP contribution in [0.3, 0.4) is 0 Å². The van der Waals surface area contributed by atoms with Crippen molar-refractivity contribution in [2.75, 3.05) is 11.9 Å². The summed E-state index contributed by atoms with van der Waals surface area (Å²) in [5.41, 5.74) is 2.41. The molecular formula is C16H19N3OS. The number of thioether (sulfide) groups is 1. The lowest BCUT2D eigenvalue weighted by Gasteiger charge is -2.09. The predicted molar refractivity (Wildman–Crippen MR) is 85.4 cm³/mol. The molecule has 0 saturated heterocycles. The van der Waals surface area contributed by atoms with Crippen molar-refractivity contribution in [2.24, 2.45) is 5.92 Å². The summed E-state index contributed by atoms with van der Waals surface area (Å²) in [7, 11) is 0. The molecule has 0 aromatic carbocycles. The van der Waals surface area contributed by atoms with E-state index < -0.39 is 0 Å². The first-order chi connectivity index (χ1) is 10.3. The summed E-state index contributed by atoms with van der Waals surface area (Å²) in [6.07, 6.45) is 1.23. The molecule has 3 heterocycles. The van der Waals surface area contributed by atoms with Crippen LogP contribution in [0.2, 0.25) is 0 Å². The fourth-order valence-electron chi connectivity index (χ4n) is 2.87. The lowest BCUT2D eigenvalue weighted by Crippen LogP contribution is -2.06. The molecule has 110 valence electrons. The molecule has 2 aromatic heterocycles. The van der Waals surface area contributed by atoms with E-state index in [1.807, 2.05) is 17.8 Å². The summed E-state index contributed by atoms with van der Waals surface area (Å²) in [5, 5.41) is 3.36. The first-order valence-electron chi connectivity index (χ1n) is 7.57. The SMILES string of the molecule is CCNc1nc(-c2ccc(C3CC3C)o2)nc2c1CSC2. The Balaban J connectivity index is 1.71. The highest BCUT2D eigenvalue weighted by Gasteiger charge is 2.36. The topological polar surface area (TPSA) is 51.0 Å². The Kier molecular flexibility index (Phi) is 3.17. The van der Waals surface area contributed by atoms with Crippen molar-refractivity contribution in [2.45, 2.75) is 37.7 Å². The van der Waals surface area contributed by atoms with Gasteiger partial charge in [-0.05, 0) is 31.4 Å². The molecule has 21 heavy (non-hydrogen) atoms. The number of hydrogen-bond acceptors (Lipinski definition) is 5. The Bertz CT molecular complexity index is 682. The summed E-state index contributed by atoms with van der Waals surface area (Å²) in [4.78, 5) is 9.40. The summed E-state index contributed by atoms with van der Waals surface area (Å²) < 4.78 is 6.00. The van der Waals surface area contributed by atoms with E-state index >= 15 is 0 Å². The maximum absolute atomic E-state index is 6.00. The Morgan fingerprint density at radius 1 is 1.33 bits per heavy atom. The first kappa shape index (κ1) is 13.2. The summed E-state index contributed by atoms with van der Waals surface area (Å²) in [6, 6.07) is 4.10. The van der Waals surface area contributed by atoms with Crippen molar-refractivity contribution in [3.63, 3.8) is 0 Å². The highest BCUT2D eigenvalue weighted by Crippen LogP contribution is 2.48. The number of aromatic nitrogens is 2. The number of furan rings is 1. The average molecular weight is 301 g/mol. The maximum Gasteiger partial charge on any atom is 0.197 e. The zero-order valence-electron chi connectivity index (χ0n) is 12.3. The monoisotopic (exact) mass is 301 g/mol. The summed E-state index contributed by atoms with van der Waals surface area (Å²) in [5.74, 6) is 6.88. The molecule has 1 N–H and O–H groups in total. The van der Waals surface area contributed by atoms with Gasteiger partial charge < -0.3 is 9.73 Å². The molecule has 0 spiro atoms. The van der Waals surface area contributed by atoms with Gasteiger partial charge in [0.2, 0.25) is 0 Å². The van der Waals surface area contributed by atoms with Gasteiger partial charge in [-0.15, -0.1) is 0 Å². The van der Waals surface area contributed by atoms with E-state index in [2.05, 4.69) is 30.2 Å². The van der Waals surface area contributed by atoms with Gasteiger partial charge in [0.15, 0.2) is 11.6 Å². The van der Waals surface area contributed by atoms with E-state index in [1.54, 1.807) is 0 Å². The van der Waals surface area contributed by atoms with E-state index in [4.69, 9.17) is 9.40 Å². The van der Waals surface area contributed by atoms with Gasteiger partial charge in [0.05, 0.1) is 5.69 Å². The minimum Gasteiger partial charge on any atom is -0.457 e. The van der Waals surface area contributed by atoms with Gasteiger partial charge in [0, 0.05) is 29.5 Å². The van der Waals surface area contributed by atoms with Crippen LogP contribution in [0.4, 0.5) is 5.82 Å². The maximum atomic E-state index is 6.00. The molecule has 2 unspecified atom stereocenters. The van der Waals surface area contributed by atoms with E-state index in [0.29, 0.717) is 11.7 Å².